The lowest BCUT2D eigenvalue weighted by atomic mass is 10.0. The molecule has 0 saturated carbocycles. The first kappa shape index (κ1) is 21.0. The first-order valence-electron chi connectivity index (χ1n) is 7.90. The van der Waals surface area contributed by atoms with Crippen molar-refractivity contribution in [3.63, 3.8) is 0 Å². The van der Waals surface area contributed by atoms with E-state index in [-0.39, 0.29) is 10.6 Å². The molecule has 0 aromatic heterocycles. The smallest absolute Gasteiger partial charge is 0.428 e. The van der Waals surface area contributed by atoms with Crippen molar-refractivity contribution in [3.8, 4) is 5.75 Å². The maximum Gasteiger partial charge on any atom is 0.461 e. The van der Waals surface area contributed by atoms with E-state index in [4.69, 9.17) is 0 Å². The molecule has 0 heterocycles. The third-order valence-electron chi connectivity index (χ3n) is 4.18. The summed E-state index contributed by atoms with van der Waals surface area (Å²) in [5.41, 5.74) is 2.91. The molecule has 0 aliphatic heterocycles. The van der Waals surface area contributed by atoms with Crippen molar-refractivity contribution in [1.29, 1.82) is 0 Å². The van der Waals surface area contributed by atoms with E-state index in [0.717, 1.165) is 35.4 Å². The first-order valence-corrected chi connectivity index (χ1v) is 9.38. The van der Waals surface area contributed by atoms with Crippen LogP contribution in [-0.2, 0) is 10.0 Å². The average Bonchev–Trinajstić information content (AvgIpc) is 2.54. The normalized spacial score (nSPS) is 12.3. The van der Waals surface area contributed by atoms with Gasteiger partial charge in [0.1, 0.15) is 5.75 Å². The Balaban J connectivity index is 2.30. The van der Waals surface area contributed by atoms with Gasteiger partial charge in [-0.1, -0.05) is 6.07 Å². The number of rotatable bonds is 6. The third kappa shape index (κ3) is 4.52. The lowest BCUT2D eigenvalue weighted by Crippen LogP contribution is -2.33. The highest BCUT2D eigenvalue weighted by atomic mass is 32.2. The number of alkyl halides is 4. The van der Waals surface area contributed by atoms with Gasteiger partial charge in [-0.05, 0) is 74.2 Å². The average molecular weight is 405 g/mol. The molecule has 0 bridgehead atoms. The van der Waals surface area contributed by atoms with Gasteiger partial charge < -0.3 is 4.74 Å². The van der Waals surface area contributed by atoms with Crippen LogP contribution in [0.4, 0.5) is 23.2 Å². The molecule has 2 rings (SSSR count). The minimum absolute atomic E-state index is 0.0840. The van der Waals surface area contributed by atoms with E-state index in [9.17, 15) is 26.0 Å². The summed E-state index contributed by atoms with van der Waals surface area (Å²) < 4.78 is 82.0. The number of halogens is 4. The molecule has 1 N–H and O–H groups in total. The zero-order valence-electron chi connectivity index (χ0n) is 15.1. The Morgan fingerprint density at radius 2 is 1.44 bits per heavy atom. The molecule has 0 aliphatic rings. The van der Waals surface area contributed by atoms with Crippen LogP contribution in [0.5, 0.6) is 5.75 Å². The molecule has 0 fully saturated rings. The van der Waals surface area contributed by atoms with E-state index in [1.54, 1.807) is 27.7 Å². The van der Waals surface area contributed by atoms with Crippen LogP contribution in [0.3, 0.4) is 0 Å². The monoisotopic (exact) mass is 405 g/mol. The summed E-state index contributed by atoms with van der Waals surface area (Å²) in [6, 6.07) is 6.16. The fraction of sp³-hybridized carbons (Fsp3) is 0.333. The maximum atomic E-state index is 12.9. The van der Waals surface area contributed by atoms with Crippen molar-refractivity contribution in [3.05, 3.63) is 52.6 Å². The first-order chi connectivity index (χ1) is 12.3. The summed E-state index contributed by atoms with van der Waals surface area (Å²) in [4.78, 5) is 0.143. The molecule has 0 saturated heterocycles. The molecule has 9 heteroatoms. The second-order valence-corrected chi connectivity index (χ2v) is 7.80. The van der Waals surface area contributed by atoms with E-state index in [1.807, 2.05) is 6.07 Å². The quantitative estimate of drug-likeness (QED) is 0.692. The number of anilines is 1. The van der Waals surface area contributed by atoms with Crippen molar-refractivity contribution in [2.24, 2.45) is 0 Å². The topological polar surface area (TPSA) is 55.4 Å². The van der Waals surface area contributed by atoms with Crippen LogP contribution in [0.25, 0.3) is 0 Å². The second-order valence-electron chi connectivity index (χ2n) is 6.18. The Kier molecular flexibility index (Phi) is 5.74. The van der Waals surface area contributed by atoms with Gasteiger partial charge in [0, 0.05) is 5.69 Å². The molecule has 0 atom stereocenters. The third-order valence-corrected chi connectivity index (χ3v) is 5.83. The molecule has 4 nitrogen and oxygen atoms in total. The number of sulfonamides is 1. The fourth-order valence-electron chi connectivity index (χ4n) is 2.58. The molecule has 0 spiro atoms. The van der Waals surface area contributed by atoms with Gasteiger partial charge in [0.05, 0.1) is 4.90 Å². The summed E-state index contributed by atoms with van der Waals surface area (Å²) in [7, 11) is -3.94. The Bertz CT molecular complexity index is 916. The second kappa shape index (κ2) is 7.38. The van der Waals surface area contributed by atoms with Crippen molar-refractivity contribution >= 4 is 15.7 Å². The molecule has 0 unspecified atom stereocenters. The van der Waals surface area contributed by atoms with E-state index >= 15 is 0 Å². The summed E-state index contributed by atoms with van der Waals surface area (Å²) >= 11 is 0. The number of aryl methyl sites for hydroxylation is 2. The lowest BCUT2D eigenvalue weighted by molar-refractivity contribution is -0.253. The zero-order chi connectivity index (χ0) is 20.6. The predicted molar refractivity (Wildman–Crippen MR) is 94.2 cm³/mol. The van der Waals surface area contributed by atoms with E-state index in [2.05, 4.69) is 9.46 Å². The lowest BCUT2D eigenvalue weighted by Gasteiger charge is -2.18. The number of benzene rings is 2. The Hall–Kier alpha value is -2.29. The minimum Gasteiger partial charge on any atom is -0.428 e. The maximum absolute atomic E-state index is 12.9. The largest absolute Gasteiger partial charge is 0.461 e. The van der Waals surface area contributed by atoms with Crippen LogP contribution in [0.15, 0.2) is 35.2 Å². The van der Waals surface area contributed by atoms with E-state index in [1.165, 1.54) is 0 Å². The standard InChI is InChI=1S/C18H19F4NO3S/c1-10-9-11(2)13(4)16(12(10)3)27(24,25)23-14-5-7-15(8-6-14)26-18(21,22)17(19)20/h5-9,17,23H,1-4H3. The highest BCUT2D eigenvalue weighted by molar-refractivity contribution is 7.92. The summed E-state index contributed by atoms with van der Waals surface area (Å²) in [5, 5.41) is 0. The van der Waals surface area contributed by atoms with Crippen molar-refractivity contribution in [2.75, 3.05) is 4.72 Å². The highest BCUT2D eigenvalue weighted by Gasteiger charge is 2.43. The van der Waals surface area contributed by atoms with E-state index < -0.39 is 28.3 Å². The number of hydrogen-bond acceptors (Lipinski definition) is 3. The summed E-state index contributed by atoms with van der Waals surface area (Å²) in [6.07, 6.45) is -8.61. The van der Waals surface area contributed by atoms with Gasteiger partial charge in [0.25, 0.3) is 10.0 Å². The molecule has 0 amide bonds. The van der Waals surface area contributed by atoms with Crippen LogP contribution in [0.2, 0.25) is 0 Å². The molecule has 148 valence electrons. The van der Waals surface area contributed by atoms with E-state index in [0.29, 0.717) is 11.1 Å². The van der Waals surface area contributed by atoms with Crippen LogP contribution in [0.1, 0.15) is 22.3 Å². The molecule has 2 aromatic rings. The van der Waals surface area contributed by atoms with Crippen LogP contribution < -0.4 is 9.46 Å². The van der Waals surface area contributed by atoms with Gasteiger partial charge in [0.2, 0.25) is 0 Å². The van der Waals surface area contributed by atoms with Crippen LogP contribution >= 0.6 is 0 Å². The van der Waals surface area contributed by atoms with Crippen molar-refractivity contribution < 1.29 is 30.7 Å². The predicted octanol–water partition coefficient (Wildman–Crippen LogP) is 4.96. The fourth-order valence-corrected chi connectivity index (χ4v) is 4.26. The highest BCUT2D eigenvalue weighted by Crippen LogP contribution is 2.30. The minimum atomic E-state index is -4.63. The number of nitrogens with one attached hydrogen (secondary N) is 1. The molecular weight excluding hydrogens is 386 g/mol. The molecule has 0 radical (unpaired) electrons. The van der Waals surface area contributed by atoms with Crippen LogP contribution in [-0.4, -0.2) is 21.0 Å². The molecular formula is C18H19F4NO3S. The molecule has 27 heavy (non-hydrogen) atoms. The molecule has 0 aliphatic carbocycles. The van der Waals surface area contributed by atoms with Crippen molar-refractivity contribution in [2.45, 2.75) is 45.1 Å². The van der Waals surface area contributed by atoms with Gasteiger partial charge in [-0.25, -0.2) is 8.42 Å². The Labute approximate surface area is 155 Å². The van der Waals surface area contributed by atoms with Gasteiger partial charge in [-0.15, -0.1) is 0 Å². The van der Waals surface area contributed by atoms with Crippen molar-refractivity contribution in [1.82, 2.24) is 0 Å². The van der Waals surface area contributed by atoms with Crippen LogP contribution in [0, 0.1) is 27.7 Å². The Morgan fingerprint density at radius 1 is 0.963 bits per heavy atom. The zero-order valence-corrected chi connectivity index (χ0v) is 15.9. The van der Waals surface area contributed by atoms with Gasteiger partial charge in [-0.3, -0.25) is 4.72 Å². The summed E-state index contributed by atoms with van der Waals surface area (Å²) in [6.45, 7) is 6.99. The Morgan fingerprint density at radius 3 is 1.89 bits per heavy atom. The van der Waals surface area contributed by atoms with Gasteiger partial charge in [-0.2, -0.15) is 17.6 Å². The number of hydrogen-bond donors (Lipinski definition) is 1. The molecule has 2 aromatic carbocycles. The summed E-state index contributed by atoms with van der Waals surface area (Å²) in [5.74, 6) is -0.512. The van der Waals surface area contributed by atoms with Gasteiger partial charge >= 0.3 is 12.5 Å². The van der Waals surface area contributed by atoms with Gasteiger partial charge in [0.15, 0.2) is 0 Å². The number of ether oxygens (including phenoxy) is 1. The SMILES string of the molecule is Cc1cc(C)c(C)c(S(=O)(=O)Nc2ccc(OC(F)(F)C(F)F)cc2)c1C.